The first-order valence-electron chi connectivity index (χ1n) is 12.3. The number of nitrogens with one attached hydrogen (secondary N) is 1. The van der Waals surface area contributed by atoms with E-state index >= 15 is 0 Å². The van der Waals surface area contributed by atoms with E-state index in [1.807, 2.05) is 45.0 Å². The average Bonchev–Trinajstić information content (AvgIpc) is 3.50. The molecule has 184 valence electrons. The van der Waals surface area contributed by atoms with Crippen molar-refractivity contribution in [2.45, 2.75) is 64.1 Å². The summed E-state index contributed by atoms with van der Waals surface area (Å²) in [7, 11) is 0. The molecule has 4 atom stereocenters. The molecule has 2 fully saturated rings. The summed E-state index contributed by atoms with van der Waals surface area (Å²) in [5, 5.41) is 12.4. The molecule has 2 heterocycles. The Morgan fingerprint density at radius 3 is 2.17 bits per heavy atom. The van der Waals surface area contributed by atoms with Crippen molar-refractivity contribution in [2.75, 3.05) is 6.61 Å². The number of rotatable bonds is 5. The number of alkyl carbamates (subject to hydrolysis) is 1. The number of aliphatic carboxylic acids is 1. The fraction of sp³-hybridized carbons (Fsp3) is 0.464. The highest BCUT2D eigenvalue weighted by Crippen LogP contribution is 2.45. The molecule has 3 unspecified atom stereocenters. The van der Waals surface area contributed by atoms with Crippen LogP contribution in [0.3, 0.4) is 0 Å². The van der Waals surface area contributed by atoms with Crippen molar-refractivity contribution in [1.82, 2.24) is 10.2 Å². The van der Waals surface area contributed by atoms with Crippen molar-refractivity contribution in [3.8, 4) is 11.1 Å². The van der Waals surface area contributed by atoms with Gasteiger partial charge in [0.05, 0.1) is 5.92 Å². The summed E-state index contributed by atoms with van der Waals surface area (Å²) in [4.78, 5) is 39.9. The molecule has 35 heavy (non-hydrogen) atoms. The molecule has 2 amide bonds. The minimum absolute atomic E-state index is 0.0670. The van der Waals surface area contributed by atoms with Gasteiger partial charge in [0, 0.05) is 18.0 Å². The fourth-order valence-corrected chi connectivity index (χ4v) is 6.15. The average molecular weight is 477 g/mol. The normalized spacial score (nSPS) is 23.5. The van der Waals surface area contributed by atoms with Crippen molar-refractivity contribution in [3.05, 3.63) is 59.7 Å². The van der Waals surface area contributed by atoms with E-state index < -0.39 is 29.4 Å². The second-order valence-corrected chi connectivity index (χ2v) is 11.0. The van der Waals surface area contributed by atoms with Gasteiger partial charge in [-0.25, -0.2) is 4.79 Å². The van der Waals surface area contributed by atoms with Gasteiger partial charge in [0.25, 0.3) is 0 Å². The number of hydrogen-bond acceptors (Lipinski definition) is 4. The Bertz CT molecular complexity index is 1120. The lowest BCUT2D eigenvalue weighted by Crippen LogP contribution is -2.56. The van der Waals surface area contributed by atoms with Gasteiger partial charge in [-0.05, 0) is 46.9 Å². The first-order chi connectivity index (χ1) is 16.7. The highest BCUT2D eigenvalue weighted by atomic mass is 16.5. The fourth-order valence-electron chi connectivity index (χ4n) is 6.15. The number of nitrogens with zero attached hydrogens (tertiary/aromatic N) is 1. The van der Waals surface area contributed by atoms with Gasteiger partial charge in [0.1, 0.15) is 12.6 Å². The molecule has 7 heteroatoms. The Hall–Kier alpha value is -3.35. The van der Waals surface area contributed by atoms with E-state index in [1.165, 1.54) is 0 Å². The van der Waals surface area contributed by atoms with Crippen LogP contribution in [-0.4, -0.2) is 52.7 Å². The molecule has 1 aliphatic carbocycles. The van der Waals surface area contributed by atoms with Crippen molar-refractivity contribution in [1.29, 1.82) is 0 Å². The molecule has 0 radical (unpaired) electrons. The van der Waals surface area contributed by atoms with Crippen LogP contribution in [0.2, 0.25) is 0 Å². The van der Waals surface area contributed by atoms with Crippen molar-refractivity contribution >= 4 is 18.0 Å². The topological polar surface area (TPSA) is 95.9 Å². The van der Waals surface area contributed by atoms with Crippen LogP contribution in [0.4, 0.5) is 4.79 Å². The Morgan fingerprint density at radius 2 is 1.63 bits per heavy atom. The third-order valence-electron chi connectivity index (χ3n) is 7.83. The molecular weight excluding hydrogens is 444 g/mol. The summed E-state index contributed by atoms with van der Waals surface area (Å²) in [6, 6.07) is 15.1. The Kier molecular flexibility index (Phi) is 5.82. The summed E-state index contributed by atoms with van der Waals surface area (Å²) in [5.41, 5.74) is 3.98. The summed E-state index contributed by atoms with van der Waals surface area (Å²) < 4.78 is 5.69. The maximum Gasteiger partial charge on any atom is 0.407 e. The van der Waals surface area contributed by atoms with E-state index in [0.29, 0.717) is 12.8 Å². The maximum atomic E-state index is 13.6. The van der Waals surface area contributed by atoms with E-state index in [-0.39, 0.29) is 30.5 Å². The van der Waals surface area contributed by atoms with Gasteiger partial charge in [0.15, 0.2) is 0 Å². The number of benzene rings is 2. The molecule has 0 saturated carbocycles. The molecule has 0 spiro atoms. The van der Waals surface area contributed by atoms with Gasteiger partial charge in [-0.2, -0.15) is 0 Å². The van der Waals surface area contributed by atoms with Crippen molar-refractivity contribution in [3.63, 3.8) is 0 Å². The zero-order valence-electron chi connectivity index (χ0n) is 20.4. The quantitative estimate of drug-likeness (QED) is 0.667. The lowest BCUT2D eigenvalue weighted by Gasteiger charge is -2.35. The molecule has 2 bridgehead atoms. The first-order valence-corrected chi connectivity index (χ1v) is 12.3. The monoisotopic (exact) mass is 476 g/mol. The predicted molar refractivity (Wildman–Crippen MR) is 131 cm³/mol. The van der Waals surface area contributed by atoms with Gasteiger partial charge in [-0.3, -0.25) is 9.59 Å². The maximum absolute atomic E-state index is 13.6. The molecule has 0 aromatic heterocycles. The molecule has 2 N–H and O–H groups in total. The molecule has 5 rings (SSSR count). The molecular formula is C28H32N2O5. The SMILES string of the molecule is CC(C)(C)[C@@H](NC(=O)OCC1c2ccccc2-c2ccccc21)C(=O)N1C2CCC1C(C(=O)O)C2. The Balaban J connectivity index is 1.29. The van der Waals surface area contributed by atoms with E-state index in [9.17, 15) is 19.5 Å². The molecule has 2 aromatic carbocycles. The van der Waals surface area contributed by atoms with Gasteiger partial charge >= 0.3 is 12.1 Å². The number of hydrogen-bond donors (Lipinski definition) is 2. The van der Waals surface area contributed by atoms with Crippen LogP contribution in [0, 0.1) is 11.3 Å². The van der Waals surface area contributed by atoms with Crippen molar-refractivity contribution < 1.29 is 24.2 Å². The standard InChI is InChI=1S/C28H32N2O5/c1-28(2,3)24(25(31)30-16-12-13-23(30)21(14-16)26(32)33)29-27(34)35-15-22-19-10-6-4-8-17(19)18-9-5-7-11-20(18)22/h4-11,16,21-24H,12-15H2,1-3H3,(H,29,34)(H,32,33)/t16?,21?,23?,24-/m0/s1. The van der Waals surface area contributed by atoms with Crippen LogP contribution in [0.1, 0.15) is 57.1 Å². The van der Waals surface area contributed by atoms with E-state index in [4.69, 9.17) is 4.74 Å². The van der Waals surface area contributed by atoms with Crippen LogP contribution in [0.25, 0.3) is 11.1 Å². The van der Waals surface area contributed by atoms with Gasteiger partial charge < -0.3 is 20.1 Å². The van der Waals surface area contributed by atoms with Crippen LogP contribution in [0.5, 0.6) is 0 Å². The smallest absolute Gasteiger partial charge is 0.407 e. The summed E-state index contributed by atoms with van der Waals surface area (Å²) in [6.07, 6.45) is 1.34. The van der Waals surface area contributed by atoms with Crippen LogP contribution >= 0.6 is 0 Å². The van der Waals surface area contributed by atoms with E-state index in [2.05, 4.69) is 29.6 Å². The van der Waals surface area contributed by atoms with E-state index in [0.717, 1.165) is 28.7 Å². The number of amides is 2. The van der Waals surface area contributed by atoms with Crippen molar-refractivity contribution in [2.24, 2.45) is 11.3 Å². The largest absolute Gasteiger partial charge is 0.481 e. The highest BCUT2D eigenvalue weighted by molar-refractivity contribution is 5.88. The minimum atomic E-state index is -0.855. The van der Waals surface area contributed by atoms with E-state index in [1.54, 1.807) is 4.90 Å². The lowest BCUT2D eigenvalue weighted by atomic mass is 9.85. The summed E-state index contributed by atoms with van der Waals surface area (Å²) in [5.74, 6) is -1.68. The van der Waals surface area contributed by atoms with Crippen LogP contribution in [-0.2, 0) is 14.3 Å². The second kappa shape index (κ2) is 8.70. The molecule has 7 nitrogen and oxygen atoms in total. The van der Waals surface area contributed by atoms with Gasteiger partial charge in [-0.1, -0.05) is 69.3 Å². The van der Waals surface area contributed by atoms with Gasteiger partial charge in [-0.15, -0.1) is 0 Å². The zero-order chi connectivity index (χ0) is 24.9. The number of carboxylic acid groups (broad SMARTS) is 1. The Morgan fingerprint density at radius 1 is 1.03 bits per heavy atom. The number of fused-ring (bicyclic) bond motifs is 5. The summed E-state index contributed by atoms with van der Waals surface area (Å²) in [6.45, 7) is 5.85. The molecule has 2 aliphatic heterocycles. The number of carboxylic acids is 1. The molecule has 2 saturated heterocycles. The van der Waals surface area contributed by atoms with Crippen LogP contribution in [0.15, 0.2) is 48.5 Å². The predicted octanol–water partition coefficient (Wildman–Crippen LogP) is 4.40. The second-order valence-electron chi connectivity index (χ2n) is 11.0. The molecule has 3 aliphatic rings. The highest BCUT2D eigenvalue weighted by Gasteiger charge is 2.53. The number of carbonyl (C=O) groups excluding carboxylic acids is 2. The third kappa shape index (κ3) is 4.07. The van der Waals surface area contributed by atoms with Crippen LogP contribution < -0.4 is 5.32 Å². The lowest BCUT2D eigenvalue weighted by molar-refractivity contribution is -0.143. The molecule has 2 aromatic rings. The Labute approximate surface area is 205 Å². The summed E-state index contributed by atoms with van der Waals surface area (Å²) >= 11 is 0. The number of carbonyl (C=O) groups is 3. The zero-order valence-corrected chi connectivity index (χ0v) is 20.4. The minimum Gasteiger partial charge on any atom is -0.481 e. The first kappa shape index (κ1) is 23.4. The third-order valence-corrected chi connectivity index (χ3v) is 7.83. The van der Waals surface area contributed by atoms with Gasteiger partial charge in [0.2, 0.25) is 5.91 Å². The number of ether oxygens (including phenoxy) is 1.